The number of hydrogen-bond acceptors (Lipinski definition) is 4. The standard InChI is InChI=1S/C20H20ClN3O3S/c21-17-7-9-18(10-8-17)28(26,27)24(19(20(23)25)11-14-1-2-14)13-16-5-3-15(12-22)4-6-16/h3-10,14,19H,1-2,11,13H2,(H2,23,25)/t19-/m1/s1. The zero-order valence-electron chi connectivity index (χ0n) is 15.1. The third-order valence-corrected chi connectivity index (χ3v) is 6.89. The Kier molecular flexibility index (Phi) is 6.04. The van der Waals surface area contributed by atoms with Crippen molar-refractivity contribution in [2.75, 3.05) is 0 Å². The Morgan fingerprint density at radius 1 is 1.18 bits per heavy atom. The van der Waals surface area contributed by atoms with Gasteiger partial charge >= 0.3 is 0 Å². The fourth-order valence-corrected chi connectivity index (χ4v) is 4.74. The first-order valence-electron chi connectivity index (χ1n) is 8.87. The van der Waals surface area contributed by atoms with Crippen LogP contribution >= 0.6 is 11.6 Å². The Bertz CT molecular complexity index is 994. The third kappa shape index (κ3) is 4.71. The van der Waals surface area contributed by atoms with Gasteiger partial charge in [-0.1, -0.05) is 36.6 Å². The molecule has 0 heterocycles. The van der Waals surface area contributed by atoms with Gasteiger partial charge in [-0.15, -0.1) is 0 Å². The second-order valence-electron chi connectivity index (χ2n) is 6.91. The molecule has 28 heavy (non-hydrogen) atoms. The third-order valence-electron chi connectivity index (χ3n) is 4.77. The SMILES string of the molecule is N#Cc1ccc(CN([C@H](CC2CC2)C(N)=O)S(=O)(=O)c2ccc(Cl)cc2)cc1. The molecule has 2 aromatic carbocycles. The first-order chi connectivity index (χ1) is 13.3. The highest BCUT2D eigenvalue weighted by Gasteiger charge is 2.38. The minimum Gasteiger partial charge on any atom is -0.368 e. The maximum absolute atomic E-state index is 13.3. The van der Waals surface area contributed by atoms with Crippen LogP contribution in [0.25, 0.3) is 0 Å². The highest BCUT2D eigenvalue weighted by molar-refractivity contribution is 7.89. The van der Waals surface area contributed by atoms with Crippen LogP contribution in [-0.2, 0) is 21.4 Å². The van der Waals surface area contributed by atoms with Gasteiger partial charge in [-0.25, -0.2) is 8.42 Å². The van der Waals surface area contributed by atoms with E-state index in [-0.39, 0.29) is 11.4 Å². The Morgan fingerprint density at radius 2 is 1.79 bits per heavy atom. The normalized spacial score (nSPS) is 15.2. The average Bonchev–Trinajstić information content (AvgIpc) is 3.49. The summed E-state index contributed by atoms with van der Waals surface area (Å²) in [6.07, 6.45) is 2.34. The van der Waals surface area contributed by atoms with Gasteiger partial charge in [0.1, 0.15) is 6.04 Å². The summed E-state index contributed by atoms with van der Waals surface area (Å²) in [6, 6.07) is 13.5. The molecule has 2 N–H and O–H groups in total. The summed E-state index contributed by atoms with van der Waals surface area (Å²) >= 11 is 5.88. The molecule has 0 bridgehead atoms. The van der Waals surface area contributed by atoms with Crippen LogP contribution in [0.15, 0.2) is 53.4 Å². The molecule has 2 aromatic rings. The largest absolute Gasteiger partial charge is 0.368 e. The van der Waals surface area contributed by atoms with Crippen molar-refractivity contribution in [1.82, 2.24) is 4.31 Å². The van der Waals surface area contributed by atoms with Gasteiger partial charge in [-0.2, -0.15) is 9.57 Å². The maximum Gasteiger partial charge on any atom is 0.244 e. The quantitative estimate of drug-likeness (QED) is 0.712. The molecule has 1 aliphatic carbocycles. The molecule has 0 spiro atoms. The van der Waals surface area contributed by atoms with Crippen LogP contribution in [0.3, 0.4) is 0 Å². The zero-order chi connectivity index (χ0) is 20.3. The smallest absolute Gasteiger partial charge is 0.244 e. The first kappa shape index (κ1) is 20.3. The molecule has 1 amide bonds. The van der Waals surface area contributed by atoms with E-state index >= 15 is 0 Å². The van der Waals surface area contributed by atoms with Gasteiger partial charge in [0, 0.05) is 11.6 Å². The highest BCUT2D eigenvalue weighted by atomic mass is 35.5. The topological polar surface area (TPSA) is 104 Å². The summed E-state index contributed by atoms with van der Waals surface area (Å²) in [7, 11) is -3.98. The molecule has 0 saturated heterocycles. The van der Waals surface area contributed by atoms with E-state index in [4.69, 9.17) is 22.6 Å². The molecule has 1 saturated carbocycles. The highest BCUT2D eigenvalue weighted by Crippen LogP contribution is 2.36. The van der Waals surface area contributed by atoms with E-state index in [0.717, 1.165) is 17.1 Å². The van der Waals surface area contributed by atoms with Crippen molar-refractivity contribution in [3.63, 3.8) is 0 Å². The van der Waals surface area contributed by atoms with Crippen molar-refractivity contribution in [3.05, 3.63) is 64.7 Å². The first-order valence-corrected chi connectivity index (χ1v) is 10.7. The monoisotopic (exact) mass is 417 g/mol. The number of rotatable bonds is 8. The molecule has 1 atom stereocenters. The lowest BCUT2D eigenvalue weighted by molar-refractivity contribution is -0.122. The summed E-state index contributed by atoms with van der Waals surface area (Å²) in [5.74, 6) is -0.362. The second kappa shape index (κ2) is 8.31. The lowest BCUT2D eigenvalue weighted by Crippen LogP contribution is -2.47. The van der Waals surface area contributed by atoms with E-state index < -0.39 is 22.0 Å². The van der Waals surface area contributed by atoms with Gasteiger partial charge in [0.2, 0.25) is 15.9 Å². The minimum atomic E-state index is -3.98. The summed E-state index contributed by atoms with van der Waals surface area (Å²) in [6.45, 7) is -0.0169. The van der Waals surface area contributed by atoms with Gasteiger partial charge in [0.25, 0.3) is 0 Å². The number of carbonyl (C=O) groups is 1. The van der Waals surface area contributed by atoms with Crippen LogP contribution in [0.1, 0.15) is 30.4 Å². The molecule has 8 heteroatoms. The van der Waals surface area contributed by atoms with Crippen molar-refractivity contribution in [2.24, 2.45) is 11.7 Å². The molecule has 146 valence electrons. The predicted octanol–water partition coefficient (Wildman–Crippen LogP) is 3.06. The average molecular weight is 418 g/mol. The summed E-state index contributed by atoms with van der Waals surface area (Å²) < 4.78 is 27.8. The van der Waals surface area contributed by atoms with Crippen molar-refractivity contribution < 1.29 is 13.2 Å². The van der Waals surface area contributed by atoms with Crippen molar-refractivity contribution in [3.8, 4) is 6.07 Å². The van der Waals surface area contributed by atoms with Crippen LogP contribution in [0.5, 0.6) is 0 Å². The van der Waals surface area contributed by atoms with Crippen LogP contribution < -0.4 is 5.73 Å². The number of amides is 1. The van der Waals surface area contributed by atoms with Crippen LogP contribution in [-0.4, -0.2) is 24.7 Å². The summed E-state index contributed by atoms with van der Waals surface area (Å²) in [5, 5.41) is 9.37. The number of primary amides is 1. The van der Waals surface area contributed by atoms with Crippen LogP contribution in [0.2, 0.25) is 5.02 Å². The van der Waals surface area contributed by atoms with Crippen molar-refractivity contribution >= 4 is 27.5 Å². The van der Waals surface area contributed by atoms with E-state index in [2.05, 4.69) is 0 Å². The van der Waals surface area contributed by atoms with Crippen molar-refractivity contribution in [2.45, 2.75) is 36.7 Å². The molecule has 0 unspecified atom stereocenters. The summed E-state index contributed by atoms with van der Waals surface area (Å²) in [4.78, 5) is 12.2. The molecule has 1 fully saturated rings. The van der Waals surface area contributed by atoms with E-state index in [9.17, 15) is 13.2 Å². The predicted molar refractivity (Wildman–Crippen MR) is 106 cm³/mol. The number of hydrogen-bond donors (Lipinski definition) is 1. The Morgan fingerprint density at radius 3 is 2.29 bits per heavy atom. The fraction of sp³-hybridized carbons (Fsp3) is 0.300. The molecule has 1 aliphatic rings. The Hall–Kier alpha value is -2.40. The molecule has 0 radical (unpaired) electrons. The zero-order valence-corrected chi connectivity index (χ0v) is 16.7. The maximum atomic E-state index is 13.3. The van der Waals surface area contributed by atoms with Gasteiger partial charge in [-0.3, -0.25) is 4.79 Å². The number of carbonyl (C=O) groups excluding carboxylic acids is 1. The van der Waals surface area contributed by atoms with Gasteiger partial charge < -0.3 is 5.73 Å². The number of benzene rings is 2. The molecule has 3 rings (SSSR count). The van der Waals surface area contributed by atoms with Gasteiger partial charge in [0.15, 0.2) is 0 Å². The lowest BCUT2D eigenvalue weighted by Gasteiger charge is -2.29. The number of halogens is 1. The molecule has 0 aromatic heterocycles. The second-order valence-corrected chi connectivity index (χ2v) is 9.24. The van der Waals surface area contributed by atoms with Crippen molar-refractivity contribution in [1.29, 1.82) is 5.26 Å². The molecular formula is C20H20ClN3O3S. The van der Waals surface area contributed by atoms with E-state index in [1.165, 1.54) is 24.3 Å². The lowest BCUT2D eigenvalue weighted by atomic mass is 10.1. The van der Waals surface area contributed by atoms with E-state index in [1.54, 1.807) is 24.3 Å². The number of sulfonamides is 1. The summed E-state index contributed by atoms with van der Waals surface area (Å²) in [5.41, 5.74) is 6.74. The fourth-order valence-electron chi connectivity index (χ4n) is 3.01. The van der Waals surface area contributed by atoms with E-state index in [1.807, 2.05) is 6.07 Å². The minimum absolute atomic E-state index is 0.0169. The molecular weight excluding hydrogens is 398 g/mol. The molecule has 6 nitrogen and oxygen atoms in total. The van der Waals surface area contributed by atoms with Crippen LogP contribution in [0.4, 0.5) is 0 Å². The van der Waals surface area contributed by atoms with Crippen LogP contribution in [0, 0.1) is 17.2 Å². The molecule has 0 aliphatic heterocycles. The van der Waals surface area contributed by atoms with Gasteiger partial charge in [-0.05, 0) is 54.3 Å². The van der Waals surface area contributed by atoms with E-state index in [0.29, 0.717) is 28.5 Å². The number of nitrogens with two attached hydrogens (primary N) is 1. The number of nitrogens with zero attached hydrogens (tertiary/aromatic N) is 2. The Balaban J connectivity index is 2.00. The Labute approximate surface area is 169 Å². The number of nitriles is 1. The van der Waals surface area contributed by atoms with Gasteiger partial charge in [0.05, 0.1) is 16.5 Å².